The van der Waals surface area contributed by atoms with E-state index in [0.717, 1.165) is 31.7 Å². The van der Waals surface area contributed by atoms with Crippen LogP contribution in [0.4, 0.5) is 22.7 Å². The number of hydrogen-bond acceptors (Lipinski definition) is 8. The van der Waals surface area contributed by atoms with Crippen LogP contribution in [0.2, 0.25) is 0 Å². The molecule has 0 amide bonds. The summed E-state index contributed by atoms with van der Waals surface area (Å²) in [6.45, 7) is 0.138. The molecule has 2 aliphatic heterocycles. The highest BCUT2D eigenvalue weighted by Crippen LogP contribution is 2.47. The molecule has 3 fully saturated rings. The van der Waals surface area contributed by atoms with Crippen molar-refractivity contribution in [2.75, 3.05) is 4.90 Å². The molecule has 0 radical (unpaired) electrons. The number of halogens is 4. The summed E-state index contributed by atoms with van der Waals surface area (Å²) < 4.78 is 70.7. The van der Waals surface area contributed by atoms with Gasteiger partial charge in [0.25, 0.3) is 0 Å². The van der Waals surface area contributed by atoms with Crippen LogP contribution < -0.4 is 9.64 Å². The lowest BCUT2D eigenvalue weighted by Gasteiger charge is -2.38. The molecule has 8 nitrogen and oxygen atoms in total. The van der Waals surface area contributed by atoms with Gasteiger partial charge in [-0.25, -0.2) is 14.2 Å². The van der Waals surface area contributed by atoms with Crippen LogP contribution in [0.3, 0.4) is 0 Å². The molecule has 42 heavy (non-hydrogen) atoms. The first-order chi connectivity index (χ1) is 20.1. The third kappa shape index (κ3) is 5.08. The average Bonchev–Trinajstić information content (AvgIpc) is 3.45. The van der Waals surface area contributed by atoms with Crippen molar-refractivity contribution in [3.8, 4) is 17.0 Å². The number of carbonyl (C=O) groups is 1. The van der Waals surface area contributed by atoms with Crippen LogP contribution >= 0.6 is 11.3 Å². The third-order valence-electron chi connectivity index (χ3n) is 8.19. The number of benzene rings is 2. The van der Waals surface area contributed by atoms with Crippen LogP contribution in [0.5, 0.6) is 5.75 Å². The second-order valence-corrected chi connectivity index (χ2v) is 12.0. The maximum atomic E-state index is 14.6. The zero-order valence-electron chi connectivity index (χ0n) is 22.1. The van der Waals surface area contributed by atoms with Crippen molar-refractivity contribution in [2.45, 2.75) is 75.6 Å². The predicted octanol–water partition coefficient (Wildman–Crippen LogP) is 7.28. The molecule has 13 heteroatoms. The molecule has 0 unspecified atom stereocenters. The summed E-state index contributed by atoms with van der Waals surface area (Å²) in [5.41, 5.74) is 1.17. The van der Waals surface area contributed by atoms with Crippen molar-refractivity contribution in [3.63, 3.8) is 0 Å². The molecule has 1 N–H and O–H groups in total. The Morgan fingerprint density at radius 1 is 1.12 bits per heavy atom. The zero-order chi connectivity index (χ0) is 29.2. The Labute approximate surface area is 240 Å². The van der Waals surface area contributed by atoms with Gasteiger partial charge in [0.15, 0.2) is 10.9 Å². The number of thiazole rings is 1. The van der Waals surface area contributed by atoms with Crippen molar-refractivity contribution < 1.29 is 41.5 Å². The highest BCUT2D eigenvalue weighted by atomic mass is 32.1. The van der Waals surface area contributed by atoms with Gasteiger partial charge in [0.2, 0.25) is 0 Å². The first kappa shape index (κ1) is 27.1. The summed E-state index contributed by atoms with van der Waals surface area (Å²) in [5.74, 6) is -1.39. The fraction of sp³-hybridized carbons (Fsp3) is 0.414. The summed E-state index contributed by atoms with van der Waals surface area (Å²) in [5, 5.41) is 14.1. The molecule has 2 aromatic heterocycles. The predicted molar refractivity (Wildman–Crippen MR) is 144 cm³/mol. The molecule has 4 aromatic rings. The lowest BCUT2D eigenvalue weighted by molar-refractivity contribution is -0.274. The number of anilines is 1. The molecule has 1 saturated carbocycles. The number of fused-ring (bicyclic) bond motifs is 3. The van der Waals surface area contributed by atoms with E-state index in [0.29, 0.717) is 34.0 Å². The number of alkyl halides is 3. The standard InChI is InChI=1S/C29H25F4N3O5S/c30-21-9-15(27(37)38)10-23-25(21)34-28(42-23)36-16-7-8-17(36)12-18(11-16)39-13-20-24(35-41-26(20)14-5-6-14)19-3-1-2-4-22(19)40-29(31,32)33/h1-4,9-10,14,16-18H,5-8,11-13H2,(H,37,38)/t16-,17-/m0/s1. The average molecular weight is 604 g/mol. The Morgan fingerprint density at radius 3 is 2.55 bits per heavy atom. The molecule has 220 valence electrons. The van der Waals surface area contributed by atoms with Crippen molar-refractivity contribution >= 4 is 32.7 Å². The van der Waals surface area contributed by atoms with Gasteiger partial charge in [-0.15, -0.1) is 13.2 Å². The Bertz CT molecular complexity index is 1650. The van der Waals surface area contributed by atoms with E-state index in [1.165, 1.54) is 35.6 Å². The fourth-order valence-corrected chi connectivity index (χ4v) is 7.37. The molecule has 2 saturated heterocycles. The Kier molecular flexibility index (Phi) is 6.61. The number of para-hydroxylation sites is 1. The number of ether oxygens (including phenoxy) is 2. The molecule has 1 aliphatic carbocycles. The maximum Gasteiger partial charge on any atom is 0.573 e. The second kappa shape index (κ2) is 10.2. The minimum absolute atomic E-state index is 0.111. The first-order valence-corrected chi connectivity index (χ1v) is 14.5. The number of hydrogen-bond donors (Lipinski definition) is 1. The number of rotatable bonds is 8. The van der Waals surface area contributed by atoms with Gasteiger partial charge in [-0.1, -0.05) is 28.6 Å². The molecule has 2 aromatic carbocycles. The van der Waals surface area contributed by atoms with E-state index in [1.54, 1.807) is 6.07 Å². The molecule has 0 spiro atoms. The van der Waals surface area contributed by atoms with Crippen molar-refractivity contribution in [1.29, 1.82) is 0 Å². The van der Waals surface area contributed by atoms with Gasteiger partial charge in [-0.2, -0.15) is 0 Å². The van der Waals surface area contributed by atoms with Gasteiger partial charge in [0, 0.05) is 29.1 Å². The van der Waals surface area contributed by atoms with Crippen molar-refractivity contribution in [1.82, 2.24) is 10.1 Å². The van der Waals surface area contributed by atoms with Gasteiger partial charge in [-0.3, -0.25) is 0 Å². The SMILES string of the molecule is O=C(O)c1cc(F)c2nc(N3[C@H]4CC[C@H]3CC(OCc3c(-c5ccccc5OC(F)(F)F)noc3C3CC3)C4)sc2c1. The minimum atomic E-state index is -4.85. The van der Waals surface area contributed by atoms with Crippen LogP contribution in [0, 0.1) is 5.82 Å². The monoisotopic (exact) mass is 603 g/mol. The smallest absolute Gasteiger partial charge is 0.478 e. The molecule has 7 rings (SSSR count). The van der Waals surface area contributed by atoms with E-state index in [9.17, 15) is 27.5 Å². The Morgan fingerprint density at radius 2 is 1.86 bits per heavy atom. The number of aromatic carboxylic acids is 1. The highest BCUT2D eigenvalue weighted by molar-refractivity contribution is 7.22. The lowest BCUT2D eigenvalue weighted by Crippen LogP contribution is -2.45. The van der Waals surface area contributed by atoms with Gasteiger partial charge >= 0.3 is 12.3 Å². The molecule has 4 heterocycles. The molecular weight excluding hydrogens is 578 g/mol. The molecule has 2 atom stereocenters. The number of carboxylic acids is 1. The third-order valence-corrected chi connectivity index (χ3v) is 9.21. The molecular formula is C29H25F4N3O5S. The van der Waals surface area contributed by atoms with Crippen molar-refractivity contribution in [2.24, 2.45) is 0 Å². The number of nitrogens with zero attached hydrogens (tertiary/aromatic N) is 3. The van der Waals surface area contributed by atoms with Crippen LogP contribution in [0.25, 0.3) is 21.5 Å². The van der Waals surface area contributed by atoms with Gasteiger partial charge in [-0.05, 0) is 62.8 Å². The van der Waals surface area contributed by atoms with Crippen LogP contribution in [0.1, 0.15) is 66.1 Å². The quantitative estimate of drug-likeness (QED) is 0.210. The van der Waals surface area contributed by atoms with Crippen LogP contribution in [-0.2, 0) is 11.3 Å². The lowest BCUT2D eigenvalue weighted by atomic mass is 10.00. The highest BCUT2D eigenvalue weighted by Gasteiger charge is 2.43. The number of piperidine rings is 1. The molecule has 2 bridgehead atoms. The Hall–Kier alpha value is -3.71. The van der Waals surface area contributed by atoms with E-state index < -0.39 is 18.1 Å². The second-order valence-electron chi connectivity index (χ2n) is 11.0. The van der Waals surface area contributed by atoms with E-state index in [4.69, 9.17) is 9.26 Å². The summed E-state index contributed by atoms with van der Waals surface area (Å²) in [4.78, 5) is 18.1. The van der Waals surface area contributed by atoms with Crippen LogP contribution in [-0.4, -0.2) is 45.8 Å². The maximum absolute atomic E-state index is 14.6. The van der Waals surface area contributed by atoms with Gasteiger partial charge in [0.05, 0.1) is 23.0 Å². The van der Waals surface area contributed by atoms with Crippen LogP contribution in [0.15, 0.2) is 40.9 Å². The summed E-state index contributed by atoms with van der Waals surface area (Å²) in [6, 6.07) is 8.54. The normalized spacial score (nSPS) is 22.2. The summed E-state index contributed by atoms with van der Waals surface area (Å²) in [6.07, 6.45) is 0.0965. The summed E-state index contributed by atoms with van der Waals surface area (Å²) in [7, 11) is 0. The van der Waals surface area contributed by atoms with E-state index in [-0.39, 0.29) is 58.8 Å². The first-order valence-electron chi connectivity index (χ1n) is 13.7. The van der Waals surface area contributed by atoms with E-state index >= 15 is 0 Å². The Balaban J connectivity index is 1.10. The minimum Gasteiger partial charge on any atom is -0.478 e. The number of carboxylic acid groups (broad SMARTS) is 1. The van der Waals surface area contributed by atoms with Gasteiger partial charge in [0.1, 0.15) is 22.7 Å². The van der Waals surface area contributed by atoms with E-state index in [1.807, 2.05) is 0 Å². The largest absolute Gasteiger partial charge is 0.573 e. The zero-order valence-corrected chi connectivity index (χ0v) is 22.9. The van der Waals surface area contributed by atoms with Gasteiger partial charge < -0.3 is 24.0 Å². The summed E-state index contributed by atoms with van der Waals surface area (Å²) >= 11 is 1.28. The molecule has 3 aliphatic rings. The fourth-order valence-electron chi connectivity index (χ4n) is 6.20. The van der Waals surface area contributed by atoms with E-state index in [2.05, 4.69) is 19.8 Å². The number of aromatic nitrogens is 2. The topological polar surface area (TPSA) is 97.9 Å². The van der Waals surface area contributed by atoms with Crippen molar-refractivity contribution in [3.05, 3.63) is 59.1 Å².